The van der Waals surface area contributed by atoms with Crippen LogP contribution in [0.25, 0.3) is 0 Å². The van der Waals surface area contributed by atoms with E-state index in [4.69, 9.17) is 11.6 Å². The molecule has 1 aliphatic carbocycles. The molecule has 7 nitrogen and oxygen atoms in total. The van der Waals surface area contributed by atoms with Crippen molar-refractivity contribution in [2.75, 3.05) is 10.8 Å². The van der Waals surface area contributed by atoms with Crippen LogP contribution in [0.5, 0.6) is 0 Å². The van der Waals surface area contributed by atoms with Gasteiger partial charge in [0.2, 0.25) is 11.8 Å². The Bertz CT molecular complexity index is 1690. The Labute approximate surface area is 277 Å². The molecule has 46 heavy (non-hydrogen) atoms. The monoisotopic (exact) mass is 657 g/mol. The average Bonchev–Trinajstić information content (AvgIpc) is 3.07. The Hall–Kier alpha value is -4.14. The molecule has 9 heteroatoms. The summed E-state index contributed by atoms with van der Waals surface area (Å²) in [5.74, 6) is -0.718. The summed E-state index contributed by atoms with van der Waals surface area (Å²) in [6.45, 7) is 1.55. The second kappa shape index (κ2) is 15.4. The van der Waals surface area contributed by atoms with Crippen LogP contribution >= 0.6 is 11.6 Å². The first-order valence-electron chi connectivity index (χ1n) is 15.7. The number of hydrogen-bond donors (Lipinski definition) is 1. The fraction of sp³-hybridized carbons (Fsp3) is 0.297. The molecule has 0 aromatic heterocycles. The van der Waals surface area contributed by atoms with Gasteiger partial charge in [-0.2, -0.15) is 0 Å². The van der Waals surface area contributed by atoms with Crippen molar-refractivity contribution >= 4 is 39.1 Å². The van der Waals surface area contributed by atoms with E-state index in [1.54, 1.807) is 17.0 Å². The summed E-state index contributed by atoms with van der Waals surface area (Å²) >= 11 is 6.07. The van der Waals surface area contributed by atoms with Crippen molar-refractivity contribution in [1.29, 1.82) is 0 Å². The predicted octanol–water partition coefficient (Wildman–Crippen LogP) is 6.93. The van der Waals surface area contributed by atoms with Crippen molar-refractivity contribution in [2.45, 2.75) is 69.0 Å². The number of nitrogens with one attached hydrogen (secondary N) is 1. The maximum atomic E-state index is 14.6. The normalized spacial score (nSPS) is 14.3. The van der Waals surface area contributed by atoms with Crippen LogP contribution in [-0.4, -0.2) is 43.8 Å². The van der Waals surface area contributed by atoms with E-state index in [2.05, 4.69) is 5.32 Å². The van der Waals surface area contributed by atoms with Gasteiger partial charge in [-0.05, 0) is 67.3 Å². The minimum Gasteiger partial charge on any atom is -0.352 e. The van der Waals surface area contributed by atoms with Gasteiger partial charge in [0.1, 0.15) is 12.6 Å². The number of benzene rings is 4. The number of carbonyl (C=O) groups excluding carboxylic acids is 2. The minimum absolute atomic E-state index is 0.00996. The van der Waals surface area contributed by atoms with Gasteiger partial charge in [0.05, 0.1) is 10.6 Å². The van der Waals surface area contributed by atoms with Gasteiger partial charge in [0.15, 0.2) is 0 Å². The lowest BCUT2D eigenvalue weighted by Gasteiger charge is -2.35. The third kappa shape index (κ3) is 8.56. The van der Waals surface area contributed by atoms with Gasteiger partial charge >= 0.3 is 0 Å². The van der Waals surface area contributed by atoms with Crippen LogP contribution in [-0.2, 0) is 32.6 Å². The highest BCUT2D eigenvalue weighted by Crippen LogP contribution is 2.27. The van der Waals surface area contributed by atoms with Gasteiger partial charge in [0, 0.05) is 24.0 Å². The Kier molecular flexibility index (Phi) is 11.1. The number of hydrogen-bond acceptors (Lipinski definition) is 4. The third-order valence-corrected chi connectivity index (χ3v) is 10.5. The number of nitrogens with zero attached hydrogens (tertiary/aromatic N) is 2. The highest BCUT2D eigenvalue weighted by Gasteiger charge is 2.35. The molecule has 0 spiro atoms. The number of sulfonamides is 1. The van der Waals surface area contributed by atoms with Crippen LogP contribution in [0, 0.1) is 6.92 Å². The van der Waals surface area contributed by atoms with Crippen LogP contribution in [0.2, 0.25) is 5.02 Å². The summed E-state index contributed by atoms with van der Waals surface area (Å²) in [4.78, 5) is 30.3. The van der Waals surface area contributed by atoms with Crippen molar-refractivity contribution < 1.29 is 18.0 Å². The number of rotatable bonds is 12. The van der Waals surface area contributed by atoms with E-state index in [9.17, 15) is 18.0 Å². The molecule has 2 amide bonds. The molecule has 0 radical (unpaired) electrons. The molecule has 4 aromatic rings. The molecule has 0 aliphatic heterocycles. The molecule has 5 rings (SSSR count). The van der Waals surface area contributed by atoms with Crippen LogP contribution in [0.4, 0.5) is 5.69 Å². The lowest BCUT2D eigenvalue weighted by atomic mass is 9.94. The van der Waals surface area contributed by atoms with E-state index in [1.807, 2.05) is 79.7 Å². The SMILES string of the molecule is Cc1ccc(N(CC(=O)N(Cc2ccccc2)[C@@H](Cc2ccccc2)C(=O)NC2CCCCC2)S(=O)(=O)c2ccc(Cl)cc2)cc1. The van der Waals surface area contributed by atoms with Gasteiger partial charge in [-0.3, -0.25) is 13.9 Å². The van der Waals surface area contributed by atoms with E-state index in [0.29, 0.717) is 10.7 Å². The molecule has 1 N–H and O–H groups in total. The van der Waals surface area contributed by atoms with Crippen LogP contribution < -0.4 is 9.62 Å². The quantitative estimate of drug-likeness (QED) is 0.179. The number of anilines is 1. The molecule has 4 aromatic carbocycles. The number of amides is 2. The maximum Gasteiger partial charge on any atom is 0.264 e. The Balaban J connectivity index is 1.54. The topological polar surface area (TPSA) is 86.8 Å². The molecule has 0 heterocycles. The molecule has 0 unspecified atom stereocenters. The number of carbonyl (C=O) groups is 2. The Morgan fingerprint density at radius 1 is 0.804 bits per heavy atom. The van der Waals surface area contributed by atoms with Crippen molar-refractivity contribution in [3.8, 4) is 0 Å². The lowest BCUT2D eigenvalue weighted by molar-refractivity contribution is -0.140. The van der Waals surface area contributed by atoms with Gasteiger partial charge < -0.3 is 10.2 Å². The summed E-state index contributed by atoms with van der Waals surface area (Å²) in [5.41, 5.74) is 3.04. The van der Waals surface area contributed by atoms with Crippen molar-refractivity contribution in [3.63, 3.8) is 0 Å². The molecule has 1 atom stereocenters. The molecule has 240 valence electrons. The van der Waals surface area contributed by atoms with Gasteiger partial charge in [0.25, 0.3) is 10.0 Å². The zero-order chi connectivity index (χ0) is 32.5. The molecular weight excluding hydrogens is 618 g/mol. The molecule has 0 saturated heterocycles. The molecule has 1 aliphatic rings. The lowest BCUT2D eigenvalue weighted by Crippen LogP contribution is -2.55. The predicted molar refractivity (Wildman–Crippen MR) is 183 cm³/mol. The summed E-state index contributed by atoms with van der Waals surface area (Å²) in [5, 5.41) is 3.64. The minimum atomic E-state index is -4.19. The van der Waals surface area contributed by atoms with Crippen molar-refractivity contribution in [3.05, 3.63) is 131 Å². The Morgan fingerprint density at radius 2 is 1.39 bits per heavy atom. The number of aryl methyl sites for hydroxylation is 1. The zero-order valence-electron chi connectivity index (χ0n) is 26.0. The third-order valence-electron chi connectivity index (χ3n) is 8.42. The smallest absolute Gasteiger partial charge is 0.264 e. The van der Waals surface area contributed by atoms with Gasteiger partial charge in [-0.15, -0.1) is 0 Å². The maximum absolute atomic E-state index is 14.6. The summed E-state index contributed by atoms with van der Waals surface area (Å²) in [6, 6.07) is 31.1. The highest BCUT2D eigenvalue weighted by atomic mass is 35.5. The zero-order valence-corrected chi connectivity index (χ0v) is 27.6. The van der Waals surface area contributed by atoms with E-state index in [1.165, 1.54) is 24.3 Å². The first kappa shape index (κ1) is 33.2. The van der Waals surface area contributed by atoms with E-state index < -0.39 is 28.5 Å². The van der Waals surface area contributed by atoms with Gasteiger partial charge in [-0.25, -0.2) is 8.42 Å². The molecule has 0 bridgehead atoms. The molecular formula is C37H40ClN3O4S. The van der Waals surface area contributed by atoms with E-state index in [0.717, 1.165) is 53.1 Å². The van der Waals surface area contributed by atoms with Crippen molar-refractivity contribution in [1.82, 2.24) is 10.2 Å². The first-order chi connectivity index (χ1) is 22.2. The number of halogens is 1. The first-order valence-corrected chi connectivity index (χ1v) is 17.6. The van der Waals surface area contributed by atoms with E-state index >= 15 is 0 Å². The fourth-order valence-electron chi connectivity index (χ4n) is 5.85. The summed E-state index contributed by atoms with van der Waals surface area (Å²) in [7, 11) is -4.19. The fourth-order valence-corrected chi connectivity index (χ4v) is 7.39. The Morgan fingerprint density at radius 3 is 2.00 bits per heavy atom. The van der Waals surface area contributed by atoms with Crippen LogP contribution in [0.15, 0.2) is 114 Å². The summed E-state index contributed by atoms with van der Waals surface area (Å²) in [6.07, 6.45) is 5.33. The second-order valence-corrected chi connectivity index (χ2v) is 14.2. The largest absolute Gasteiger partial charge is 0.352 e. The van der Waals surface area contributed by atoms with Crippen LogP contribution in [0.3, 0.4) is 0 Å². The standard InChI is InChI=1S/C37H40ClN3O4S/c1-28-17-21-33(22-18-28)41(46(44,45)34-23-19-31(38)20-24-34)27-36(42)40(26-30-13-7-3-8-14-30)35(25-29-11-5-2-6-12-29)37(43)39-32-15-9-4-10-16-32/h2-3,5-8,11-14,17-24,32,35H,4,9-10,15-16,25-27H2,1H3,(H,39,43)/t35-/m0/s1. The van der Waals surface area contributed by atoms with Gasteiger partial charge in [-0.1, -0.05) is 109 Å². The van der Waals surface area contributed by atoms with E-state index in [-0.39, 0.29) is 29.8 Å². The van der Waals surface area contributed by atoms with Crippen molar-refractivity contribution in [2.24, 2.45) is 0 Å². The molecule has 1 saturated carbocycles. The summed E-state index contributed by atoms with van der Waals surface area (Å²) < 4.78 is 29.4. The average molecular weight is 658 g/mol. The highest BCUT2D eigenvalue weighted by molar-refractivity contribution is 7.92. The van der Waals surface area contributed by atoms with Crippen LogP contribution in [0.1, 0.15) is 48.8 Å². The second-order valence-electron chi connectivity index (χ2n) is 11.9. The molecule has 1 fully saturated rings.